The number of hydrogen-bond acceptors (Lipinski definition) is 4. The summed E-state index contributed by atoms with van der Waals surface area (Å²) in [5.41, 5.74) is 3.44. The number of ether oxygens (including phenoxy) is 2. The molecule has 0 unspecified atom stereocenters. The topological polar surface area (TPSA) is 71.6 Å². The summed E-state index contributed by atoms with van der Waals surface area (Å²) in [7, 11) is 3.06. The van der Waals surface area contributed by atoms with Gasteiger partial charge >= 0.3 is 5.97 Å². The number of carbonyl (C=O) groups excluding carboxylic acids is 2. The molecule has 1 aromatic carbocycles. The molecule has 0 spiro atoms. The average Bonchev–Trinajstić information content (AvgIpc) is 2.99. The fraction of sp³-hybridized carbons (Fsp3) is 0.474. The van der Waals surface area contributed by atoms with Crippen LogP contribution in [-0.4, -0.2) is 42.5 Å². The van der Waals surface area contributed by atoms with E-state index in [9.17, 15) is 9.59 Å². The van der Waals surface area contributed by atoms with E-state index in [-0.39, 0.29) is 23.8 Å². The number of fused-ring (bicyclic) bond motifs is 5. The molecule has 0 saturated carbocycles. The highest BCUT2D eigenvalue weighted by Crippen LogP contribution is 2.42. The second kappa shape index (κ2) is 6.10. The molecule has 2 aliphatic rings. The van der Waals surface area contributed by atoms with E-state index in [0.29, 0.717) is 12.8 Å². The normalized spacial score (nSPS) is 22.5. The van der Waals surface area contributed by atoms with Crippen LogP contribution < -0.4 is 4.74 Å². The fourth-order valence-electron chi connectivity index (χ4n) is 4.25. The molecule has 132 valence electrons. The molecule has 0 radical (unpaired) electrons. The van der Waals surface area contributed by atoms with Gasteiger partial charge < -0.3 is 19.4 Å². The summed E-state index contributed by atoms with van der Waals surface area (Å²) in [6.07, 6.45) is 2.36. The van der Waals surface area contributed by atoms with Gasteiger partial charge in [-0.1, -0.05) is 0 Å². The first-order valence-corrected chi connectivity index (χ1v) is 8.65. The molecule has 0 bridgehead atoms. The molecule has 1 fully saturated rings. The van der Waals surface area contributed by atoms with E-state index in [1.807, 2.05) is 17.0 Å². The van der Waals surface area contributed by atoms with Crippen LogP contribution in [0.2, 0.25) is 0 Å². The Labute approximate surface area is 146 Å². The predicted molar refractivity (Wildman–Crippen MR) is 92.4 cm³/mol. The van der Waals surface area contributed by atoms with Crippen LogP contribution in [0.1, 0.15) is 36.6 Å². The fourth-order valence-corrected chi connectivity index (χ4v) is 4.25. The van der Waals surface area contributed by atoms with Gasteiger partial charge in [0.15, 0.2) is 0 Å². The van der Waals surface area contributed by atoms with Gasteiger partial charge in [-0.3, -0.25) is 9.59 Å². The maximum atomic E-state index is 12.6. The van der Waals surface area contributed by atoms with Crippen LogP contribution in [0, 0.1) is 5.92 Å². The van der Waals surface area contributed by atoms with Crippen molar-refractivity contribution in [1.82, 2.24) is 9.88 Å². The number of aromatic nitrogens is 1. The highest BCUT2D eigenvalue weighted by molar-refractivity contribution is 5.88. The summed E-state index contributed by atoms with van der Waals surface area (Å²) in [4.78, 5) is 29.7. The highest BCUT2D eigenvalue weighted by Gasteiger charge is 2.40. The molecule has 0 aliphatic carbocycles. The van der Waals surface area contributed by atoms with Gasteiger partial charge in [-0.25, -0.2) is 0 Å². The lowest BCUT2D eigenvalue weighted by molar-refractivity contribution is -0.145. The summed E-state index contributed by atoms with van der Waals surface area (Å²) in [6, 6.07) is 6.02. The Morgan fingerprint density at radius 2 is 2.20 bits per heavy atom. The Kier molecular flexibility index (Phi) is 3.90. The minimum atomic E-state index is -0.247. The monoisotopic (exact) mass is 342 g/mol. The van der Waals surface area contributed by atoms with E-state index >= 15 is 0 Å². The van der Waals surface area contributed by atoms with Crippen LogP contribution in [0.25, 0.3) is 10.9 Å². The smallest absolute Gasteiger partial charge is 0.305 e. The van der Waals surface area contributed by atoms with E-state index in [1.54, 1.807) is 7.11 Å². The van der Waals surface area contributed by atoms with Gasteiger partial charge in [0.2, 0.25) is 5.91 Å². The first-order valence-electron chi connectivity index (χ1n) is 8.65. The molecule has 6 nitrogen and oxygen atoms in total. The SMILES string of the molecule is COC(=O)C[C@@H]1CC(=O)N2CCc3c([nH]c4ccc(OC)cc34)[C@@H]2C1. The first kappa shape index (κ1) is 16.0. The number of piperidine rings is 1. The van der Waals surface area contributed by atoms with E-state index < -0.39 is 0 Å². The number of methoxy groups -OCH3 is 2. The predicted octanol–water partition coefficient (Wildman–Crippen LogP) is 2.58. The first-order chi connectivity index (χ1) is 12.1. The van der Waals surface area contributed by atoms with Crippen molar-refractivity contribution in [2.45, 2.75) is 31.7 Å². The van der Waals surface area contributed by atoms with Gasteiger partial charge in [-0.15, -0.1) is 0 Å². The molecular formula is C19H22N2O4. The Hall–Kier alpha value is -2.50. The summed E-state index contributed by atoms with van der Waals surface area (Å²) >= 11 is 0. The number of amides is 1. The van der Waals surface area contributed by atoms with Gasteiger partial charge in [0.25, 0.3) is 0 Å². The van der Waals surface area contributed by atoms with Gasteiger partial charge in [-0.05, 0) is 42.5 Å². The number of H-pyrrole nitrogens is 1. The molecule has 25 heavy (non-hydrogen) atoms. The molecule has 3 heterocycles. The van der Waals surface area contributed by atoms with Crippen molar-refractivity contribution < 1.29 is 19.1 Å². The van der Waals surface area contributed by atoms with E-state index in [2.05, 4.69) is 11.1 Å². The lowest BCUT2D eigenvalue weighted by Crippen LogP contribution is -2.45. The largest absolute Gasteiger partial charge is 0.497 e. The summed E-state index contributed by atoms with van der Waals surface area (Å²) in [5, 5.41) is 1.16. The number of hydrogen-bond donors (Lipinski definition) is 1. The molecule has 2 aromatic rings. The quantitative estimate of drug-likeness (QED) is 0.870. The molecule has 1 saturated heterocycles. The minimum Gasteiger partial charge on any atom is -0.497 e. The molecule has 1 amide bonds. The van der Waals surface area contributed by atoms with Crippen molar-refractivity contribution in [1.29, 1.82) is 0 Å². The number of nitrogens with zero attached hydrogens (tertiary/aromatic N) is 1. The average molecular weight is 342 g/mol. The molecule has 4 rings (SSSR count). The Morgan fingerprint density at radius 3 is 2.96 bits per heavy atom. The van der Waals surface area contributed by atoms with Crippen molar-refractivity contribution in [3.05, 3.63) is 29.5 Å². The zero-order valence-electron chi connectivity index (χ0n) is 14.5. The number of aromatic amines is 1. The van der Waals surface area contributed by atoms with Crippen molar-refractivity contribution in [3.8, 4) is 5.75 Å². The lowest BCUT2D eigenvalue weighted by atomic mass is 9.83. The third-order valence-electron chi connectivity index (χ3n) is 5.48. The van der Waals surface area contributed by atoms with Crippen molar-refractivity contribution >= 4 is 22.8 Å². The van der Waals surface area contributed by atoms with Crippen molar-refractivity contribution in [3.63, 3.8) is 0 Å². The van der Waals surface area contributed by atoms with Gasteiger partial charge in [0, 0.05) is 36.0 Å². The second-order valence-corrected chi connectivity index (χ2v) is 6.87. The zero-order chi connectivity index (χ0) is 17.6. The zero-order valence-corrected chi connectivity index (χ0v) is 14.5. The Morgan fingerprint density at radius 1 is 1.36 bits per heavy atom. The summed E-state index contributed by atoms with van der Waals surface area (Å²) in [6.45, 7) is 0.728. The molecule has 1 aromatic heterocycles. The number of esters is 1. The van der Waals surface area contributed by atoms with E-state index in [1.165, 1.54) is 12.7 Å². The van der Waals surface area contributed by atoms with Crippen LogP contribution in [-0.2, 0) is 20.7 Å². The van der Waals surface area contributed by atoms with E-state index in [0.717, 1.165) is 41.7 Å². The van der Waals surface area contributed by atoms with Crippen LogP contribution in [0.15, 0.2) is 18.2 Å². The maximum absolute atomic E-state index is 12.6. The number of nitrogens with one attached hydrogen (secondary N) is 1. The maximum Gasteiger partial charge on any atom is 0.305 e. The summed E-state index contributed by atoms with van der Waals surface area (Å²) < 4.78 is 10.1. The van der Waals surface area contributed by atoms with Crippen LogP contribution in [0.5, 0.6) is 5.75 Å². The third-order valence-corrected chi connectivity index (χ3v) is 5.48. The van der Waals surface area contributed by atoms with E-state index in [4.69, 9.17) is 9.47 Å². The second-order valence-electron chi connectivity index (χ2n) is 6.87. The Balaban J connectivity index is 1.70. The molecule has 6 heteroatoms. The van der Waals surface area contributed by atoms with Crippen LogP contribution >= 0.6 is 0 Å². The molecule has 1 N–H and O–H groups in total. The van der Waals surface area contributed by atoms with Gasteiger partial charge in [-0.2, -0.15) is 0 Å². The number of benzene rings is 1. The standard InChI is InChI=1S/C19H22N2O4/c1-24-12-3-4-15-14(10-12)13-5-6-21-16(19(13)20-15)7-11(8-17(21)22)9-18(23)25-2/h3-4,10-11,16,20H,5-9H2,1-2H3/t11-,16-/m0/s1. The van der Waals surface area contributed by atoms with Crippen LogP contribution in [0.3, 0.4) is 0 Å². The highest BCUT2D eigenvalue weighted by atomic mass is 16.5. The minimum absolute atomic E-state index is 0.0121. The third kappa shape index (κ3) is 2.65. The Bertz CT molecular complexity index is 841. The van der Waals surface area contributed by atoms with Gasteiger partial charge in [0.05, 0.1) is 20.3 Å². The van der Waals surface area contributed by atoms with Crippen molar-refractivity contribution in [2.24, 2.45) is 5.92 Å². The molecule has 2 atom stereocenters. The lowest BCUT2D eigenvalue weighted by Gasteiger charge is -2.42. The molecule has 2 aliphatic heterocycles. The number of rotatable bonds is 3. The molecular weight excluding hydrogens is 320 g/mol. The van der Waals surface area contributed by atoms with Crippen LogP contribution in [0.4, 0.5) is 0 Å². The van der Waals surface area contributed by atoms with Crippen molar-refractivity contribution in [2.75, 3.05) is 20.8 Å². The summed E-state index contributed by atoms with van der Waals surface area (Å²) in [5.74, 6) is 0.754. The van der Waals surface area contributed by atoms with Gasteiger partial charge in [0.1, 0.15) is 5.75 Å². The number of carbonyl (C=O) groups is 2.